The van der Waals surface area contributed by atoms with Crippen LogP contribution in [0, 0.1) is 0 Å². The van der Waals surface area contributed by atoms with E-state index in [1.807, 2.05) is 26.0 Å². The molecular formula is C18H21BrN2O3S2. The Labute approximate surface area is 166 Å². The fourth-order valence-corrected chi connectivity index (χ4v) is 5.81. The quantitative estimate of drug-likeness (QED) is 0.653. The van der Waals surface area contributed by atoms with E-state index in [1.54, 1.807) is 24.3 Å². The number of carbonyl (C=O) groups excluding carboxylic acids is 1. The molecule has 0 unspecified atom stereocenters. The molecule has 26 heavy (non-hydrogen) atoms. The molecule has 2 N–H and O–H groups in total. The number of benzene rings is 1. The zero-order valence-electron chi connectivity index (χ0n) is 14.6. The fourth-order valence-electron chi connectivity index (χ4n) is 2.74. The van der Waals surface area contributed by atoms with E-state index in [0.717, 1.165) is 39.9 Å². The molecule has 0 saturated heterocycles. The Balaban J connectivity index is 1.74. The van der Waals surface area contributed by atoms with Gasteiger partial charge in [0.1, 0.15) is 4.21 Å². The molecule has 1 saturated carbocycles. The first kappa shape index (κ1) is 19.4. The molecule has 0 radical (unpaired) electrons. The Morgan fingerprint density at radius 2 is 1.88 bits per heavy atom. The molecule has 5 nitrogen and oxygen atoms in total. The van der Waals surface area contributed by atoms with E-state index < -0.39 is 15.4 Å². The van der Waals surface area contributed by atoms with Gasteiger partial charge in [0.05, 0.1) is 9.20 Å². The van der Waals surface area contributed by atoms with Gasteiger partial charge in [0.15, 0.2) is 0 Å². The van der Waals surface area contributed by atoms with Crippen molar-refractivity contribution in [2.45, 2.75) is 48.8 Å². The molecule has 1 aromatic carbocycles. The number of thiophene rings is 1. The molecule has 1 aromatic heterocycles. The molecule has 0 bridgehead atoms. The van der Waals surface area contributed by atoms with Crippen molar-refractivity contribution in [2.24, 2.45) is 0 Å². The monoisotopic (exact) mass is 456 g/mol. The summed E-state index contributed by atoms with van der Waals surface area (Å²) in [4.78, 5) is 12.6. The lowest BCUT2D eigenvalue weighted by Crippen LogP contribution is -2.39. The van der Waals surface area contributed by atoms with Crippen molar-refractivity contribution >= 4 is 48.9 Å². The highest BCUT2D eigenvalue weighted by molar-refractivity contribution is 9.11. The molecule has 1 heterocycles. The average molecular weight is 457 g/mol. The van der Waals surface area contributed by atoms with E-state index in [0.29, 0.717) is 5.69 Å². The van der Waals surface area contributed by atoms with Gasteiger partial charge in [-0.25, -0.2) is 8.42 Å². The van der Waals surface area contributed by atoms with Crippen LogP contribution in [-0.4, -0.2) is 20.4 Å². The number of sulfonamides is 1. The van der Waals surface area contributed by atoms with Crippen LogP contribution in [0.5, 0.6) is 0 Å². The lowest BCUT2D eigenvalue weighted by atomic mass is 9.94. The predicted molar refractivity (Wildman–Crippen MR) is 108 cm³/mol. The second kappa shape index (κ2) is 7.32. The van der Waals surface area contributed by atoms with Crippen LogP contribution in [0.2, 0.25) is 0 Å². The first-order valence-corrected chi connectivity index (χ1v) is 11.6. The van der Waals surface area contributed by atoms with Gasteiger partial charge < -0.3 is 5.32 Å². The van der Waals surface area contributed by atoms with Gasteiger partial charge in [-0.05, 0) is 71.9 Å². The number of rotatable bonds is 7. The van der Waals surface area contributed by atoms with E-state index >= 15 is 0 Å². The van der Waals surface area contributed by atoms with Crippen LogP contribution < -0.4 is 10.0 Å². The molecule has 1 aliphatic rings. The average Bonchev–Trinajstić information content (AvgIpc) is 3.29. The Bertz CT molecular complexity index is 903. The number of anilines is 1. The fraction of sp³-hybridized carbons (Fsp3) is 0.389. The summed E-state index contributed by atoms with van der Waals surface area (Å²) < 4.78 is 28.4. The molecule has 2 aromatic rings. The van der Waals surface area contributed by atoms with Gasteiger partial charge in [0, 0.05) is 11.7 Å². The smallest absolute Gasteiger partial charge is 0.271 e. The third-order valence-electron chi connectivity index (χ3n) is 4.68. The topological polar surface area (TPSA) is 75.3 Å². The SMILES string of the molecule is CC[C@H](C)NC(=O)C1(c2ccc(NS(=O)(=O)c3ccc(Br)s3)cc2)CC1. The van der Waals surface area contributed by atoms with Crippen LogP contribution in [0.1, 0.15) is 38.7 Å². The molecule has 0 spiro atoms. The number of hydrogen-bond acceptors (Lipinski definition) is 4. The zero-order valence-corrected chi connectivity index (χ0v) is 17.8. The second-order valence-corrected chi connectivity index (χ2v) is 11.0. The number of amides is 1. The van der Waals surface area contributed by atoms with E-state index in [4.69, 9.17) is 0 Å². The molecule has 1 atom stereocenters. The lowest BCUT2D eigenvalue weighted by molar-refractivity contribution is -0.124. The highest BCUT2D eigenvalue weighted by Crippen LogP contribution is 2.48. The Morgan fingerprint density at radius 1 is 1.23 bits per heavy atom. The van der Waals surface area contributed by atoms with Crippen LogP contribution in [0.4, 0.5) is 5.69 Å². The van der Waals surface area contributed by atoms with Gasteiger partial charge in [-0.15, -0.1) is 11.3 Å². The Hall–Kier alpha value is -1.38. The maximum absolute atomic E-state index is 12.6. The summed E-state index contributed by atoms with van der Waals surface area (Å²) >= 11 is 4.43. The molecule has 3 rings (SSSR count). The van der Waals surface area contributed by atoms with Crippen molar-refractivity contribution < 1.29 is 13.2 Å². The Kier molecular flexibility index (Phi) is 5.46. The third kappa shape index (κ3) is 3.97. The molecule has 8 heteroatoms. The van der Waals surface area contributed by atoms with Gasteiger partial charge in [0.2, 0.25) is 5.91 Å². The summed E-state index contributed by atoms with van der Waals surface area (Å²) in [5.74, 6) is 0.0589. The zero-order chi connectivity index (χ0) is 18.9. The standard InChI is InChI=1S/C18H21BrN2O3S2/c1-3-12(2)20-17(22)18(10-11-18)13-4-6-14(7-5-13)21-26(23,24)16-9-8-15(19)25-16/h4-9,12,21H,3,10-11H2,1-2H3,(H,20,22)/t12-/m0/s1. The molecule has 1 aliphatic carbocycles. The summed E-state index contributed by atoms with van der Waals surface area (Å²) in [7, 11) is -3.60. The summed E-state index contributed by atoms with van der Waals surface area (Å²) in [6.45, 7) is 4.03. The largest absolute Gasteiger partial charge is 0.353 e. The van der Waals surface area contributed by atoms with E-state index in [9.17, 15) is 13.2 Å². The predicted octanol–water partition coefficient (Wildman–Crippen LogP) is 4.26. The van der Waals surface area contributed by atoms with Gasteiger partial charge in [0.25, 0.3) is 10.0 Å². The normalized spacial score (nSPS) is 16.7. The minimum absolute atomic E-state index is 0.0589. The summed E-state index contributed by atoms with van der Waals surface area (Å²) in [5.41, 5.74) is 0.955. The molecule has 1 amide bonds. The van der Waals surface area contributed by atoms with E-state index in [2.05, 4.69) is 26.0 Å². The number of hydrogen-bond donors (Lipinski definition) is 2. The van der Waals surface area contributed by atoms with Crippen molar-refractivity contribution in [1.82, 2.24) is 5.32 Å². The van der Waals surface area contributed by atoms with Gasteiger partial charge in [-0.2, -0.15) is 0 Å². The van der Waals surface area contributed by atoms with Crippen molar-refractivity contribution in [3.8, 4) is 0 Å². The van der Waals surface area contributed by atoms with E-state index in [-0.39, 0.29) is 16.2 Å². The second-order valence-electron chi connectivity index (χ2n) is 6.61. The van der Waals surface area contributed by atoms with Crippen molar-refractivity contribution in [3.05, 3.63) is 45.7 Å². The maximum atomic E-state index is 12.6. The highest BCUT2D eigenvalue weighted by Gasteiger charge is 2.51. The van der Waals surface area contributed by atoms with E-state index in [1.165, 1.54) is 0 Å². The van der Waals surface area contributed by atoms with Gasteiger partial charge in [-0.3, -0.25) is 9.52 Å². The molecular weight excluding hydrogens is 436 g/mol. The number of nitrogens with one attached hydrogen (secondary N) is 2. The van der Waals surface area contributed by atoms with Crippen molar-refractivity contribution in [3.63, 3.8) is 0 Å². The minimum atomic E-state index is -3.60. The van der Waals surface area contributed by atoms with Crippen molar-refractivity contribution in [2.75, 3.05) is 4.72 Å². The highest BCUT2D eigenvalue weighted by atomic mass is 79.9. The maximum Gasteiger partial charge on any atom is 0.271 e. The molecule has 140 valence electrons. The van der Waals surface area contributed by atoms with Crippen LogP contribution in [0.25, 0.3) is 0 Å². The number of halogens is 1. The number of carbonyl (C=O) groups is 1. The van der Waals surface area contributed by atoms with Crippen LogP contribution in [0.3, 0.4) is 0 Å². The first-order chi connectivity index (χ1) is 12.3. The van der Waals surface area contributed by atoms with Crippen LogP contribution in [-0.2, 0) is 20.2 Å². The minimum Gasteiger partial charge on any atom is -0.353 e. The lowest BCUT2D eigenvalue weighted by Gasteiger charge is -2.19. The summed E-state index contributed by atoms with van der Waals surface area (Å²) in [6, 6.07) is 10.5. The first-order valence-electron chi connectivity index (χ1n) is 8.46. The van der Waals surface area contributed by atoms with Crippen LogP contribution in [0.15, 0.2) is 44.4 Å². The van der Waals surface area contributed by atoms with Crippen LogP contribution >= 0.6 is 27.3 Å². The van der Waals surface area contributed by atoms with Gasteiger partial charge in [-0.1, -0.05) is 19.1 Å². The van der Waals surface area contributed by atoms with Crippen molar-refractivity contribution in [1.29, 1.82) is 0 Å². The summed E-state index contributed by atoms with van der Waals surface area (Å²) in [6.07, 6.45) is 2.54. The molecule has 1 fully saturated rings. The third-order valence-corrected chi connectivity index (χ3v) is 8.17. The van der Waals surface area contributed by atoms with Gasteiger partial charge >= 0.3 is 0 Å². The Morgan fingerprint density at radius 3 is 2.38 bits per heavy atom. The summed E-state index contributed by atoms with van der Waals surface area (Å²) in [5, 5.41) is 3.05. The molecule has 0 aliphatic heterocycles.